The van der Waals surface area contributed by atoms with Crippen LogP contribution >= 0.6 is 0 Å². The topological polar surface area (TPSA) is 66.8 Å². The average Bonchev–Trinajstić information content (AvgIpc) is 2.98. The number of carboxylic acid groups (broad SMARTS) is 1. The number of aliphatic carboxylic acids is 1. The molecule has 2 atom stereocenters. The Bertz CT molecular complexity index is 572. The minimum atomic E-state index is -1.16. The van der Waals surface area contributed by atoms with Crippen LogP contribution in [0.3, 0.4) is 0 Å². The summed E-state index contributed by atoms with van der Waals surface area (Å²) in [6.45, 7) is 5.83. The smallest absolute Gasteiger partial charge is 0.411 e. The number of amides is 1. The zero-order chi connectivity index (χ0) is 17.7. The monoisotopic (exact) mass is 333 g/mol. The van der Waals surface area contributed by atoms with E-state index in [2.05, 4.69) is 0 Å². The zero-order valence-corrected chi connectivity index (χ0v) is 14.7. The lowest BCUT2D eigenvalue weighted by Gasteiger charge is -2.43. The lowest BCUT2D eigenvalue weighted by molar-refractivity contribution is -0.155. The van der Waals surface area contributed by atoms with Crippen LogP contribution in [0.4, 0.5) is 4.79 Å². The number of nitrogens with zero attached hydrogens (tertiary/aromatic N) is 1. The molecule has 1 N–H and O–H groups in total. The van der Waals surface area contributed by atoms with Gasteiger partial charge >= 0.3 is 12.1 Å². The van der Waals surface area contributed by atoms with E-state index in [1.54, 1.807) is 0 Å². The first-order valence-electron chi connectivity index (χ1n) is 8.66. The summed E-state index contributed by atoms with van der Waals surface area (Å²) in [5, 5.41) is 9.97. The van der Waals surface area contributed by atoms with Crippen LogP contribution in [0.1, 0.15) is 52.0 Å². The van der Waals surface area contributed by atoms with Crippen molar-refractivity contribution in [2.24, 2.45) is 5.92 Å². The number of hydrogen-bond donors (Lipinski definition) is 1. The van der Waals surface area contributed by atoms with Crippen molar-refractivity contribution in [2.75, 3.05) is 0 Å². The third-order valence-corrected chi connectivity index (χ3v) is 5.00. The normalized spacial score (nSPS) is 23.2. The third-order valence-electron chi connectivity index (χ3n) is 5.00. The van der Waals surface area contributed by atoms with Crippen LogP contribution in [0, 0.1) is 5.92 Å². The molecule has 1 amide bonds. The van der Waals surface area contributed by atoms with Gasteiger partial charge in [0.1, 0.15) is 12.1 Å². The second-order valence-electron chi connectivity index (χ2n) is 6.73. The summed E-state index contributed by atoms with van der Waals surface area (Å²) in [6.07, 6.45) is 2.33. The Morgan fingerprint density at radius 2 is 2.00 bits per heavy atom. The Hall–Kier alpha value is -2.04. The number of carbonyl (C=O) groups is 2. The molecule has 1 fully saturated rings. The maximum atomic E-state index is 12.8. The maximum Gasteiger partial charge on any atom is 0.411 e. The van der Waals surface area contributed by atoms with Crippen molar-refractivity contribution in [3.05, 3.63) is 35.9 Å². The Morgan fingerprint density at radius 3 is 2.54 bits per heavy atom. The van der Waals surface area contributed by atoms with Crippen LogP contribution in [0.25, 0.3) is 0 Å². The van der Waals surface area contributed by atoms with E-state index in [-0.39, 0.29) is 18.6 Å². The predicted molar refractivity (Wildman–Crippen MR) is 91.6 cm³/mol. The lowest BCUT2D eigenvalue weighted by atomic mass is 9.82. The molecular formula is C19H27NO4. The average molecular weight is 333 g/mol. The van der Waals surface area contributed by atoms with Crippen molar-refractivity contribution in [2.45, 2.75) is 64.6 Å². The summed E-state index contributed by atoms with van der Waals surface area (Å²) < 4.78 is 5.46. The van der Waals surface area contributed by atoms with Crippen molar-refractivity contribution in [1.82, 2.24) is 4.90 Å². The fourth-order valence-electron chi connectivity index (χ4n) is 3.93. The molecule has 5 heteroatoms. The highest BCUT2D eigenvalue weighted by Gasteiger charge is 2.55. The van der Waals surface area contributed by atoms with Gasteiger partial charge in [-0.1, -0.05) is 50.1 Å². The molecular weight excluding hydrogens is 306 g/mol. The maximum absolute atomic E-state index is 12.8. The van der Waals surface area contributed by atoms with E-state index in [9.17, 15) is 14.7 Å². The first-order valence-corrected chi connectivity index (χ1v) is 8.66. The van der Waals surface area contributed by atoms with E-state index >= 15 is 0 Å². The molecule has 0 radical (unpaired) electrons. The van der Waals surface area contributed by atoms with Gasteiger partial charge in [0, 0.05) is 6.04 Å². The fourth-order valence-corrected chi connectivity index (χ4v) is 3.93. The minimum absolute atomic E-state index is 0.0401. The van der Waals surface area contributed by atoms with E-state index in [0.717, 1.165) is 24.8 Å². The van der Waals surface area contributed by atoms with Gasteiger partial charge in [-0.15, -0.1) is 0 Å². The molecule has 1 saturated carbocycles. The molecule has 0 aliphatic heterocycles. The summed E-state index contributed by atoms with van der Waals surface area (Å²) >= 11 is 0. The van der Waals surface area contributed by atoms with Gasteiger partial charge in [-0.05, 0) is 38.2 Å². The molecule has 2 rings (SSSR count). The van der Waals surface area contributed by atoms with E-state index in [4.69, 9.17) is 4.74 Å². The first kappa shape index (κ1) is 18.3. The van der Waals surface area contributed by atoms with E-state index in [1.165, 1.54) is 4.90 Å². The van der Waals surface area contributed by atoms with Crippen molar-refractivity contribution in [3.63, 3.8) is 0 Å². The molecule has 0 bridgehead atoms. The highest BCUT2D eigenvalue weighted by atomic mass is 16.6. The summed E-state index contributed by atoms with van der Waals surface area (Å²) in [6, 6.07) is 9.18. The van der Waals surface area contributed by atoms with Gasteiger partial charge in [-0.3, -0.25) is 4.90 Å². The summed E-state index contributed by atoms with van der Waals surface area (Å²) in [7, 11) is 0. The van der Waals surface area contributed by atoms with E-state index in [0.29, 0.717) is 6.42 Å². The van der Waals surface area contributed by atoms with Gasteiger partial charge in [0.25, 0.3) is 0 Å². The minimum Gasteiger partial charge on any atom is -0.479 e. The van der Waals surface area contributed by atoms with Gasteiger partial charge in [0.05, 0.1) is 0 Å². The van der Waals surface area contributed by atoms with Gasteiger partial charge in [-0.25, -0.2) is 9.59 Å². The van der Waals surface area contributed by atoms with Crippen LogP contribution in [0.2, 0.25) is 0 Å². The second-order valence-corrected chi connectivity index (χ2v) is 6.73. The van der Waals surface area contributed by atoms with Gasteiger partial charge in [-0.2, -0.15) is 0 Å². The highest BCUT2D eigenvalue weighted by molar-refractivity contribution is 5.85. The first-order chi connectivity index (χ1) is 11.4. The van der Waals surface area contributed by atoms with Crippen LogP contribution in [-0.4, -0.2) is 33.6 Å². The third kappa shape index (κ3) is 3.40. The van der Waals surface area contributed by atoms with Crippen LogP contribution in [-0.2, 0) is 16.1 Å². The number of carbonyl (C=O) groups excluding carboxylic acids is 1. The largest absolute Gasteiger partial charge is 0.479 e. The molecule has 0 aromatic heterocycles. The van der Waals surface area contributed by atoms with Crippen molar-refractivity contribution in [1.29, 1.82) is 0 Å². The molecule has 5 nitrogen and oxygen atoms in total. The molecule has 0 spiro atoms. The van der Waals surface area contributed by atoms with Gasteiger partial charge < -0.3 is 9.84 Å². The van der Waals surface area contributed by atoms with Crippen molar-refractivity contribution < 1.29 is 19.4 Å². The molecule has 1 aromatic carbocycles. The molecule has 0 heterocycles. The Labute approximate surface area is 143 Å². The van der Waals surface area contributed by atoms with Gasteiger partial charge in [0.2, 0.25) is 0 Å². The number of carboxylic acids is 1. The number of rotatable bonds is 6. The fraction of sp³-hybridized carbons (Fsp3) is 0.579. The molecule has 2 unspecified atom stereocenters. The second kappa shape index (κ2) is 7.69. The number of hydrogen-bond acceptors (Lipinski definition) is 3. The van der Waals surface area contributed by atoms with Crippen LogP contribution in [0.5, 0.6) is 0 Å². The molecule has 1 aliphatic rings. The van der Waals surface area contributed by atoms with Crippen molar-refractivity contribution in [3.8, 4) is 0 Å². The molecule has 1 aromatic rings. The summed E-state index contributed by atoms with van der Waals surface area (Å²) in [4.78, 5) is 26.4. The standard InChI is InChI=1S/C19H27NO4/c1-4-16-11-8-12-19(16,17(21)22)20(14(2)3)18(23)24-13-15-9-6-5-7-10-15/h5-7,9-10,14,16H,4,8,11-13H2,1-3H3,(H,21,22). The van der Waals surface area contributed by atoms with E-state index in [1.807, 2.05) is 51.1 Å². The van der Waals surface area contributed by atoms with Gasteiger partial charge in [0.15, 0.2) is 0 Å². The number of benzene rings is 1. The Kier molecular flexibility index (Phi) is 5.86. The SMILES string of the molecule is CCC1CCCC1(C(=O)O)N(C(=O)OCc1ccccc1)C(C)C. The highest BCUT2D eigenvalue weighted by Crippen LogP contribution is 2.44. The van der Waals surface area contributed by atoms with Crippen LogP contribution in [0.15, 0.2) is 30.3 Å². The Balaban J connectivity index is 2.23. The lowest BCUT2D eigenvalue weighted by Crippen LogP contribution is -2.61. The van der Waals surface area contributed by atoms with Crippen LogP contribution < -0.4 is 0 Å². The molecule has 1 aliphatic carbocycles. The summed E-state index contributed by atoms with van der Waals surface area (Å²) in [5.74, 6) is -0.959. The molecule has 24 heavy (non-hydrogen) atoms. The van der Waals surface area contributed by atoms with E-state index < -0.39 is 17.6 Å². The molecule has 132 valence electrons. The predicted octanol–water partition coefficient (Wildman–Crippen LogP) is 4.07. The Morgan fingerprint density at radius 1 is 1.33 bits per heavy atom. The zero-order valence-electron chi connectivity index (χ0n) is 14.7. The molecule has 0 saturated heterocycles. The number of ether oxygens (including phenoxy) is 1. The van der Waals surface area contributed by atoms with Crippen molar-refractivity contribution >= 4 is 12.1 Å². The summed E-state index contributed by atoms with van der Waals surface area (Å²) in [5.41, 5.74) is -0.270. The quantitative estimate of drug-likeness (QED) is 0.852.